The highest BCUT2D eigenvalue weighted by molar-refractivity contribution is 6.03. The van der Waals surface area contributed by atoms with Crippen molar-refractivity contribution in [1.82, 2.24) is 14.7 Å². The average Bonchev–Trinajstić information content (AvgIpc) is 3.16. The monoisotopic (exact) mass is 398 g/mol. The van der Waals surface area contributed by atoms with E-state index in [1.165, 1.54) is 5.56 Å². The Labute approximate surface area is 174 Å². The maximum Gasteiger partial charge on any atom is 0.258 e. The number of nitrogens with zero attached hydrogens (tertiary/aromatic N) is 3. The van der Waals surface area contributed by atoms with Crippen LogP contribution in [0.5, 0.6) is 0 Å². The smallest absolute Gasteiger partial charge is 0.258 e. The molecule has 3 rings (SSSR count). The molecular formula is C23H34N4O2. The van der Waals surface area contributed by atoms with Gasteiger partial charge in [0.2, 0.25) is 0 Å². The first kappa shape index (κ1) is 21.5. The first-order valence-corrected chi connectivity index (χ1v) is 10.7. The molecule has 0 bridgehead atoms. The lowest BCUT2D eigenvalue weighted by molar-refractivity contribution is -0.101. The number of anilines is 1. The fourth-order valence-electron chi connectivity index (χ4n) is 4.14. The van der Waals surface area contributed by atoms with Crippen LogP contribution in [0.4, 0.5) is 5.69 Å². The third-order valence-corrected chi connectivity index (χ3v) is 5.91. The second-order valence-electron chi connectivity index (χ2n) is 8.23. The minimum Gasteiger partial charge on any atom is -0.370 e. The number of benzene rings is 1. The van der Waals surface area contributed by atoms with Crippen LogP contribution in [0.25, 0.3) is 0 Å². The lowest BCUT2D eigenvalue weighted by Gasteiger charge is -2.42. The van der Waals surface area contributed by atoms with E-state index in [0.717, 1.165) is 31.6 Å². The highest BCUT2D eigenvalue weighted by Gasteiger charge is 2.34. The van der Waals surface area contributed by atoms with Crippen molar-refractivity contribution in [3.8, 4) is 0 Å². The Kier molecular flexibility index (Phi) is 7.09. The first-order chi connectivity index (χ1) is 13.9. The van der Waals surface area contributed by atoms with Crippen LogP contribution in [0.1, 0.15) is 62.6 Å². The number of hydrogen-bond donors (Lipinski definition) is 1. The van der Waals surface area contributed by atoms with Crippen LogP contribution < -0.4 is 5.32 Å². The van der Waals surface area contributed by atoms with Gasteiger partial charge >= 0.3 is 0 Å². The molecule has 29 heavy (non-hydrogen) atoms. The number of carbonyl (C=O) groups excluding carboxylic acids is 1. The zero-order valence-corrected chi connectivity index (χ0v) is 18.3. The second kappa shape index (κ2) is 9.55. The summed E-state index contributed by atoms with van der Waals surface area (Å²) in [5.41, 5.74) is 2.50. The van der Waals surface area contributed by atoms with Gasteiger partial charge in [-0.2, -0.15) is 5.10 Å². The summed E-state index contributed by atoms with van der Waals surface area (Å²) in [4.78, 5) is 14.9. The van der Waals surface area contributed by atoms with E-state index in [0.29, 0.717) is 17.5 Å². The summed E-state index contributed by atoms with van der Waals surface area (Å²) >= 11 is 0. The average molecular weight is 399 g/mol. The number of ether oxygens (including phenoxy) is 1. The maximum absolute atomic E-state index is 12.3. The van der Waals surface area contributed by atoms with Gasteiger partial charge in [0, 0.05) is 25.0 Å². The molecule has 1 amide bonds. The fourth-order valence-corrected chi connectivity index (χ4v) is 4.14. The van der Waals surface area contributed by atoms with Gasteiger partial charge in [-0.15, -0.1) is 0 Å². The number of nitrogens with one attached hydrogen (secondary N) is 1. The number of amides is 1. The van der Waals surface area contributed by atoms with Crippen LogP contribution in [0.2, 0.25) is 0 Å². The van der Waals surface area contributed by atoms with E-state index in [2.05, 4.69) is 55.1 Å². The molecule has 1 aliphatic rings. The Balaban J connectivity index is 1.70. The molecule has 158 valence electrons. The number of rotatable bonds is 7. The molecule has 2 aromatic rings. The number of carbonyl (C=O) groups is 1. The summed E-state index contributed by atoms with van der Waals surface area (Å²) in [6.07, 6.45) is 5.73. The normalized spacial score (nSPS) is 22.2. The largest absolute Gasteiger partial charge is 0.370 e. The fraction of sp³-hybridized carbons (Fsp3) is 0.565. The van der Waals surface area contributed by atoms with E-state index in [4.69, 9.17) is 4.74 Å². The van der Waals surface area contributed by atoms with Gasteiger partial charge in [-0.25, -0.2) is 0 Å². The molecule has 0 saturated carbocycles. The third kappa shape index (κ3) is 5.25. The van der Waals surface area contributed by atoms with Gasteiger partial charge in [0.05, 0.1) is 24.0 Å². The van der Waals surface area contributed by atoms with E-state index < -0.39 is 0 Å². The van der Waals surface area contributed by atoms with Crippen LogP contribution in [0, 0.1) is 5.92 Å². The van der Waals surface area contributed by atoms with Crippen LogP contribution in [0.3, 0.4) is 0 Å². The van der Waals surface area contributed by atoms with Crippen molar-refractivity contribution in [2.24, 2.45) is 13.0 Å². The Morgan fingerprint density at radius 1 is 1.24 bits per heavy atom. The Morgan fingerprint density at radius 3 is 2.48 bits per heavy atom. The number of aryl methyl sites for hydroxylation is 1. The van der Waals surface area contributed by atoms with Crippen LogP contribution in [-0.2, 0) is 11.8 Å². The molecule has 1 aliphatic heterocycles. The van der Waals surface area contributed by atoms with Crippen LogP contribution >= 0.6 is 0 Å². The molecule has 1 N–H and O–H groups in total. The highest BCUT2D eigenvalue weighted by atomic mass is 16.5. The molecule has 0 spiro atoms. The molecule has 0 unspecified atom stereocenters. The quantitative estimate of drug-likeness (QED) is 0.757. The van der Waals surface area contributed by atoms with Gasteiger partial charge in [-0.1, -0.05) is 39.8 Å². The predicted molar refractivity (Wildman–Crippen MR) is 116 cm³/mol. The SMILES string of the molecule is CCN(CC)[C@H]1C[C@@H](c2ccc(NC(=O)c3cnn(C)c3)cc2)O[C@@H](C(C)C)C1. The molecule has 2 heterocycles. The molecule has 6 heteroatoms. The van der Waals surface area contributed by atoms with E-state index in [-0.39, 0.29) is 18.1 Å². The van der Waals surface area contributed by atoms with Gasteiger partial charge < -0.3 is 15.0 Å². The van der Waals surface area contributed by atoms with Crippen molar-refractivity contribution < 1.29 is 9.53 Å². The van der Waals surface area contributed by atoms with Gasteiger partial charge in [0.1, 0.15) is 0 Å². The van der Waals surface area contributed by atoms with Gasteiger partial charge in [-0.05, 0) is 49.5 Å². The summed E-state index contributed by atoms with van der Waals surface area (Å²) in [6.45, 7) is 11.1. The highest BCUT2D eigenvalue weighted by Crippen LogP contribution is 2.36. The maximum atomic E-state index is 12.3. The summed E-state index contributed by atoms with van der Waals surface area (Å²) in [7, 11) is 1.80. The molecule has 0 radical (unpaired) electrons. The molecule has 1 aromatic heterocycles. The van der Waals surface area contributed by atoms with Gasteiger partial charge in [0.15, 0.2) is 0 Å². The minimum atomic E-state index is -0.152. The van der Waals surface area contributed by atoms with Gasteiger partial charge in [0.25, 0.3) is 5.91 Å². The summed E-state index contributed by atoms with van der Waals surface area (Å²) < 4.78 is 8.09. The topological polar surface area (TPSA) is 59.4 Å². The van der Waals surface area contributed by atoms with E-state index in [1.54, 1.807) is 24.1 Å². The lowest BCUT2D eigenvalue weighted by atomic mass is 9.89. The van der Waals surface area contributed by atoms with Crippen molar-refractivity contribution in [1.29, 1.82) is 0 Å². The van der Waals surface area contributed by atoms with E-state index in [9.17, 15) is 4.79 Å². The number of aromatic nitrogens is 2. The zero-order valence-electron chi connectivity index (χ0n) is 18.3. The lowest BCUT2D eigenvalue weighted by Crippen LogP contribution is -2.44. The van der Waals surface area contributed by atoms with Crippen molar-refractivity contribution in [3.63, 3.8) is 0 Å². The van der Waals surface area contributed by atoms with Crippen molar-refractivity contribution in [2.75, 3.05) is 18.4 Å². The van der Waals surface area contributed by atoms with Crippen LogP contribution in [0.15, 0.2) is 36.7 Å². The van der Waals surface area contributed by atoms with Crippen LogP contribution in [-0.4, -0.2) is 45.8 Å². The molecule has 1 saturated heterocycles. The molecule has 0 aliphatic carbocycles. The van der Waals surface area contributed by atoms with E-state index in [1.807, 2.05) is 12.1 Å². The molecule has 6 nitrogen and oxygen atoms in total. The minimum absolute atomic E-state index is 0.0878. The Hall–Kier alpha value is -2.18. The molecule has 1 aromatic carbocycles. The Bertz CT molecular complexity index is 795. The van der Waals surface area contributed by atoms with Crippen molar-refractivity contribution in [3.05, 3.63) is 47.8 Å². The first-order valence-electron chi connectivity index (χ1n) is 10.7. The standard InChI is InChI=1S/C23H34N4O2/c1-6-27(7-2)20-12-21(16(3)4)29-22(13-20)17-8-10-19(11-9-17)25-23(28)18-14-24-26(5)15-18/h8-11,14-16,20-22H,6-7,12-13H2,1-5H3,(H,25,28)/t20-,21-,22+/m1/s1. The zero-order chi connectivity index (χ0) is 21.0. The predicted octanol–water partition coefficient (Wildman–Crippen LogP) is 4.26. The summed E-state index contributed by atoms with van der Waals surface area (Å²) in [5, 5.41) is 6.98. The summed E-state index contributed by atoms with van der Waals surface area (Å²) in [5.74, 6) is 0.343. The van der Waals surface area contributed by atoms with Crippen molar-refractivity contribution in [2.45, 2.75) is 58.8 Å². The van der Waals surface area contributed by atoms with Gasteiger partial charge in [-0.3, -0.25) is 9.48 Å². The third-order valence-electron chi connectivity index (χ3n) is 5.91. The Morgan fingerprint density at radius 2 is 1.93 bits per heavy atom. The number of hydrogen-bond acceptors (Lipinski definition) is 4. The molecule has 1 fully saturated rings. The summed E-state index contributed by atoms with van der Waals surface area (Å²) in [6, 6.07) is 8.61. The second-order valence-corrected chi connectivity index (χ2v) is 8.23. The molecule has 3 atom stereocenters. The van der Waals surface area contributed by atoms with E-state index >= 15 is 0 Å². The van der Waals surface area contributed by atoms with Crippen molar-refractivity contribution >= 4 is 11.6 Å². The molecular weight excluding hydrogens is 364 g/mol.